The van der Waals surface area contributed by atoms with Gasteiger partial charge in [0.15, 0.2) is 0 Å². The van der Waals surface area contributed by atoms with Crippen LogP contribution in [0.5, 0.6) is 0 Å². The third-order valence-corrected chi connectivity index (χ3v) is 2.10. The molecule has 0 aliphatic carbocycles. The van der Waals surface area contributed by atoms with Gasteiger partial charge < -0.3 is 9.47 Å². The van der Waals surface area contributed by atoms with E-state index < -0.39 is 0 Å². The van der Waals surface area contributed by atoms with E-state index in [4.69, 9.17) is 9.47 Å². The molecular formula is C11H24O2. The molecule has 0 aliphatic heterocycles. The van der Waals surface area contributed by atoms with Crippen LogP contribution in [-0.4, -0.2) is 19.5 Å². The molecule has 0 spiro atoms. The van der Waals surface area contributed by atoms with Crippen LogP contribution in [0.3, 0.4) is 0 Å². The third kappa shape index (κ3) is 9.84. The van der Waals surface area contributed by atoms with Crippen molar-refractivity contribution in [2.75, 3.05) is 13.4 Å². The summed E-state index contributed by atoms with van der Waals surface area (Å²) in [5, 5.41) is 0. The zero-order valence-electron chi connectivity index (χ0n) is 9.34. The van der Waals surface area contributed by atoms with Crippen molar-refractivity contribution in [3.05, 3.63) is 0 Å². The van der Waals surface area contributed by atoms with Gasteiger partial charge in [-0.05, 0) is 20.3 Å². The Morgan fingerprint density at radius 1 is 1.08 bits per heavy atom. The Hall–Kier alpha value is -0.0800. The first-order valence-corrected chi connectivity index (χ1v) is 5.50. The lowest BCUT2D eigenvalue weighted by Gasteiger charge is -2.12. The van der Waals surface area contributed by atoms with E-state index in [-0.39, 0.29) is 0 Å². The standard InChI is InChI=1S/C11H24O2/c1-4-6-7-8-9-11(3)13-10-12-5-2/h11H,4-10H2,1-3H3. The lowest BCUT2D eigenvalue weighted by atomic mass is 10.1. The van der Waals surface area contributed by atoms with Crippen molar-refractivity contribution < 1.29 is 9.47 Å². The highest BCUT2D eigenvalue weighted by Crippen LogP contribution is 2.07. The molecule has 13 heavy (non-hydrogen) atoms. The number of hydrogen-bond donors (Lipinski definition) is 0. The van der Waals surface area contributed by atoms with E-state index in [1.165, 1.54) is 25.7 Å². The average Bonchev–Trinajstić information content (AvgIpc) is 2.13. The van der Waals surface area contributed by atoms with Crippen molar-refractivity contribution in [2.24, 2.45) is 0 Å². The maximum Gasteiger partial charge on any atom is 0.147 e. The second-order valence-electron chi connectivity index (χ2n) is 3.44. The van der Waals surface area contributed by atoms with Gasteiger partial charge in [0.1, 0.15) is 6.79 Å². The van der Waals surface area contributed by atoms with Gasteiger partial charge in [-0.2, -0.15) is 0 Å². The monoisotopic (exact) mass is 188 g/mol. The number of hydrogen-bond acceptors (Lipinski definition) is 2. The van der Waals surface area contributed by atoms with Crippen LogP contribution in [0.2, 0.25) is 0 Å². The largest absolute Gasteiger partial charge is 0.356 e. The fourth-order valence-corrected chi connectivity index (χ4v) is 1.19. The smallest absolute Gasteiger partial charge is 0.147 e. The summed E-state index contributed by atoms with van der Waals surface area (Å²) in [6.07, 6.45) is 6.77. The van der Waals surface area contributed by atoms with Crippen molar-refractivity contribution >= 4 is 0 Å². The van der Waals surface area contributed by atoms with Crippen molar-refractivity contribution in [2.45, 2.75) is 59.0 Å². The molecule has 0 amide bonds. The van der Waals surface area contributed by atoms with E-state index in [1.54, 1.807) is 0 Å². The minimum atomic E-state index is 0.350. The van der Waals surface area contributed by atoms with Crippen LogP contribution in [0.15, 0.2) is 0 Å². The Morgan fingerprint density at radius 2 is 1.85 bits per heavy atom. The molecule has 0 bridgehead atoms. The Kier molecular flexibility index (Phi) is 9.94. The molecule has 0 heterocycles. The summed E-state index contributed by atoms with van der Waals surface area (Å²) in [6.45, 7) is 7.52. The van der Waals surface area contributed by atoms with E-state index in [0.29, 0.717) is 12.9 Å². The van der Waals surface area contributed by atoms with E-state index >= 15 is 0 Å². The second-order valence-corrected chi connectivity index (χ2v) is 3.44. The highest BCUT2D eigenvalue weighted by atomic mass is 16.7. The summed E-state index contributed by atoms with van der Waals surface area (Å²) in [4.78, 5) is 0. The zero-order chi connectivity index (χ0) is 9.94. The second kappa shape index (κ2) is 10.0. The maximum absolute atomic E-state index is 5.44. The molecule has 0 aromatic carbocycles. The molecule has 0 saturated carbocycles. The quantitative estimate of drug-likeness (QED) is 0.408. The lowest BCUT2D eigenvalue weighted by molar-refractivity contribution is -0.0827. The molecule has 2 nitrogen and oxygen atoms in total. The van der Waals surface area contributed by atoms with Crippen molar-refractivity contribution in [1.82, 2.24) is 0 Å². The molecule has 0 aromatic heterocycles. The fraction of sp³-hybridized carbons (Fsp3) is 1.00. The molecule has 80 valence electrons. The SMILES string of the molecule is CCCCCCC(C)OCOCC. The van der Waals surface area contributed by atoms with Crippen molar-refractivity contribution in [3.63, 3.8) is 0 Å². The molecule has 2 heteroatoms. The number of rotatable bonds is 9. The first kappa shape index (κ1) is 12.9. The van der Waals surface area contributed by atoms with E-state index in [2.05, 4.69) is 13.8 Å². The van der Waals surface area contributed by atoms with Gasteiger partial charge in [0, 0.05) is 6.61 Å². The Labute approximate surface area is 82.6 Å². The van der Waals surface area contributed by atoms with Gasteiger partial charge in [0.2, 0.25) is 0 Å². The van der Waals surface area contributed by atoms with Gasteiger partial charge in [-0.3, -0.25) is 0 Å². The van der Waals surface area contributed by atoms with Crippen LogP contribution in [0.1, 0.15) is 52.9 Å². The predicted molar refractivity (Wildman–Crippen MR) is 55.8 cm³/mol. The van der Waals surface area contributed by atoms with Crippen LogP contribution >= 0.6 is 0 Å². The van der Waals surface area contributed by atoms with E-state index in [1.807, 2.05) is 6.92 Å². The Morgan fingerprint density at radius 3 is 2.46 bits per heavy atom. The molecular weight excluding hydrogens is 164 g/mol. The van der Waals surface area contributed by atoms with Gasteiger partial charge in [0.05, 0.1) is 6.10 Å². The van der Waals surface area contributed by atoms with Gasteiger partial charge in [-0.15, -0.1) is 0 Å². The van der Waals surface area contributed by atoms with Gasteiger partial charge in [0.25, 0.3) is 0 Å². The van der Waals surface area contributed by atoms with Gasteiger partial charge >= 0.3 is 0 Å². The first-order valence-electron chi connectivity index (χ1n) is 5.50. The lowest BCUT2D eigenvalue weighted by Crippen LogP contribution is -2.11. The van der Waals surface area contributed by atoms with Crippen LogP contribution in [0.4, 0.5) is 0 Å². The third-order valence-electron chi connectivity index (χ3n) is 2.10. The highest BCUT2D eigenvalue weighted by Gasteiger charge is 2.00. The summed E-state index contributed by atoms with van der Waals surface area (Å²) >= 11 is 0. The fourth-order valence-electron chi connectivity index (χ4n) is 1.19. The minimum Gasteiger partial charge on any atom is -0.356 e. The molecule has 0 radical (unpaired) electrons. The van der Waals surface area contributed by atoms with Crippen molar-refractivity contribution in [3.8, 4) is 0 Å². The van der Waals surface area contributed by atoms with E-state index in [9.17, 15) is 0 Å². The van der Waals surface area contributed by atoms with Gasteiger partial charge in [-0.1, -0.05) is 32.6 Å². The van der Waals surface area contributed by atoms with Crippen LogP contribution < -0.4 is 0 Å². The predicted octanol–water partition coefficient (Wildman–Crippen LogP) is 3.36. The normalized spacial score (nSPS) is 13.2. The highest BCUT2D eigenvalue weighted by molar-refractivity contribution is 4.50. The summed E-state index contributed by atoms with van der Waals surface area (Å²) in [7, 11) is 0. The summed E-state index contributed by atoms with van der Waals surface area (Å²) < 4.78 is 10.5. The van der Waals surface area contributed by atoms with Crippen LogP contribution in [-0.2, 0) is 9.47 Å². The average molecular weight is 188 g/mol. The Balaban J connectivity index is 3.05. The summed E-state index contributed by atoms with van der Waals surface area (Å²) in [5.41, 5.74) is 0. The molecule has 1 unspecified atom stereocenters. The molecule has 0 fully saturated rings. The topological polar surface area (TPSA) is 18.5 Å². The summed E-state index contributed by atoms with van der Waals surface area (Å²) in [5.74, 6) is 0. The molecule has 0 saturated heterocycles. The van der Waals surface area contributed by atoms with Crippen molar-refractivity contribution in [1.29, 1.82) is 0 Å². The minimum absolute atomic E-state index is 0.350. The zero-order valence-corrected chi connectivity index (χ0v) is 9.34. The summed E-state index contributed by atoms with van der Waals surface area (Å²) in [6, 6.07) is 0. The number of ether oxygens (including phenoxy) is 2. The van der Waals surface area contributed by atoms with Gasteiger partial charge in [-0.25, -0.2) is 0 Å². The molecule has 0 aromatic rings. The molecule has 0 aliphatic rings. The van der Waals surface area contributed by atoms with Crippen LogP contribution in [0.25, 0.3) is 0 Å². The maximum atomic E-state index is 5.44. The molecule has 1 atom stereocenters. The number of unbranched alkanes of at least 4 members (excludes halogenated alkanes) is 3. The molecule has 0 N–H and O–H groups in total. The molecule has 0 rings (SSSR count). The van der Waals surface area contributed by atoms with Crippen LogP contribution in [0, 0.1) is 0 Å². The first-order chi connectivity index (χ1) is 6.31. The van der Waals surface area contributed by atoms with E-state index in [0.717, 1.165) is 13.0 Å². The Bertz CT molecular complexity index is 94.1.